The molecule has 0 saturated carbocycles. The summed E-state index contributed by atoms with van der Waals surface area (Å²) in [6.07, 6.45) is 4.67. The van der Waals surface area contributed by atoms with E-state index < -0.39 is 0 Å². The quantitative estimate of drug-likeness (QED) is 0.871. The Labute approximate surface area is 149 Å². The van der Waals surface area contributed by atoms with E-state index in [0.717, 1.165) is 29.9 Å². The average Bonchev–Trinajstić information content (AvgIpc) is 2.66. The SMILES string of the molecule is COc1ccc(OCC(C)NC(=O)c2ccc3c(c2)CCCC3)cc1. The van der Waals surface area contributed by atoms with E-state index in [1.165, 1.54) is 24.0 Å². The van der Waals surface area contributed by atoms with Gasteiger partial charge in [0.1, 0.15) is 18.1 Å². The highest BCUT2D eigenvalue weighted by atomic mass is 16.5. The highest BCUT2D eigenvalue weighted by molar-refractivity contribution is 5.94. The van der Waals surface area contributed by atoms with Crippen LogP contribution in [0, 0.1) is 0 Å². The molecule has 0 spiro atoms. The van der Waals surface area contributed by atoms with E-state index in [1.807, 2.05) is 43.3 Å². The van der Waals surface area contributed by atoms with Gasteiger partial charge in [-0.25, -0.2) is 0 Å². The molecule has 2 aromatic carbocycles. The van der Waals surface area contributed by atoms with Crippen molar-refractivity contribution in [3.05, 3.63) is 59.2 Å². The minimum Gasteiger partial charge on any atom is -0.497 e. The molecule has 0 saturated heterocycles. The van der Waals surface area contributed by atoms with Crippen LogP contribution in [0.25, 0.3) is 0 Å². The van der Waals surface area contributed by atoms with Gasteiger partial charge in [0, 0.05) is 5.56 Å². The second-order valence-corrected chi connectivity index (χ2v) is 6.55. The third kappa shape index (κ3) is 4.53. The molecule has 1 atom stereocenters. The molecule has 0 bridgehead atoms. The number of ether oxygens (including phenoxy) is 2. The number of benzene rings is 2. The summed E-state index contributed by atoms with van der Waals surface area (Å²) >= 11 is 0. The van der Waals surface area contributed by atoms with Gasteiger partial charge in [-0.2, -0.15) is 0 Å². The Hall–Kier alpha value is -2.49. The normalized spacial score (nSPS) is 14.3. The first-order chi connectivity index (χ1) is 12.2. The Morgan fingerprint density at radius 2 is 1.72 bits per heavy atom. The van der Waals surface area contributed by atoms with Crippen LogP contribution in [0.1, 0.15) is 41.3 Å². The fraction of sp³-hybridized carbons (Fsp3) is 0.381. The van der Waals surface area contributed by atoms with Gasteiger partial charge in [0.25, 0.3) is 5.91 Å². The van der Waals surface area contributed by atoms with Crippen molar-refractivity contribution in [3.8, 4) is 11.5 Å². The van der Waals surface area contributed by atoms with Crippen molar-refractivity contribution in [1.82, 2.24) is 5.32 Å². The molecule has 4 heteroatoms. The molecular formula is C21H25NO3. The summed E-state index contributed by atoms with van der Waals surface area (Å²) in [5, 5.41) is 3.01. The maximum atomic E-state index is 12.5. The van der Waals surface area contributed by atoms with E-state index in [0.29, 0.717) is 6.61 Å². The molecular weight excluding hydrogens is 314 g/mol. The summed E-state index contributed by atoms with van der Waals surface area (Å²) in [5.41, 5.74) is 3.44. The summed E-state index contributed by atoms with van der Waals surface area (Å²) in [7, 11) is 1.63. The highest BCUT2D eigenvalue weighted by Gasteiger charge is 2.14. The zero-order chi connectivity index (χ0) is 17.6. The van der Waals surface area contributed by atoms with Gasteiger partial charge in [0.05, 0.1) is 13.2 Å². The van der Waals surface area contributed by atoms with Gasteiger partial charge in [-0.15, -0.1) is 0 Å². The topological polar surface area (TPSA) is 47.6 Å². The zero-order valence-electron chi connectivity index (χ0n) is 14.9. The lowest BCUT2D eigenvalue weighted by atomic mass is 9.90. The van der Waals surface area contributed by atoms with Gasteiger partial charge in [0.15, 0.2) is 0 Å². The molecule has 0 heterocycles. The fourth-order valence-electron chi connectivity index (χ4n) is 3.12. The van der Waals surface area contributed by atoms with E-state index in [2.05, 4.69) is 11.4 Å². The molecule has 1 amide bonds. The van der Waals surface area contributed by atoms with Gasteiger partial charge in [0.2, 0.25) is 0 Å². The van der Waals surface area contributed by atoms with Gasteiger partial charge in [-0.3, -0.25) is 4.79 Å². The predicted octanol–water partition coefficient (Wildman–Crippen LogP) is 3.77. The Balaban J connectivity index is 1.53. The summed E-state index contributed by atoms with van der Waals surface area (Å²) in [6.45, 7) is 2.36. The summed E-state index contributed by atoms with van der Waals surface area (Å²) in [4.78, 5) is 12.5. The smallest absolute Gasteiger partial charge is 0.251 e. The largest absolute Gasteiger partial charge is 0.497 e. The van der Waals surface area contributed by atoms with Crippen LogP contribution < -0.4 is 14.8 Å². The van der Waals surface area contributed by atoms with Crippen LogP contribution in [0.15, 0.2) is 42.5 Å². The van der Waals surface area contributed by atoms with Crippen molar-refractivity contribution in [3.63, 3.8) is 0 Å². The molecule has 0 radical (unpaired) electrons. The van der Waals surface area contributed by atoms with E-state index in [9.17, 15) is 4.79 Å². The summed E-state index contributed by atoms with van der Waals surface area (Å²) in [5.74, 6) is 1.51. The molecule has 3 rings (SSSR count). The molecule has 132 valence electrons. The highest BCUT2D eigenvalue weighted by Crippen LogP contribution is 2.22. The Bertz CT molecular complexity index is 724. The monoisotopic (exact) mass is 339 g/mol. The average molecular weight is 339 g/mol. The number of hydrogen-bond acceptors (Lipinski definition) is 3. The molecule has 0 fully saturated rings. The number of aryl methyl sites for hydroxylation is 2. The molecule has 1 unspecified atom stereocenters. The standard InChI is InChI=1S/C21H25NO3/c1-15(14-25-20-11-9-19(24-2)10-12-20)22-21(23)18-8-7-16-5-3-4-6-17(16)13-18/h7-13,15H,3-6,14H2,1-2H3,(H,22,23). The number of fused-ring (bicyclic) bond motifs is 1. The lowest BCUT2D eigenvalue weighted by Gasteiger charge is -2.18. The molecule has 1 N–H and O–H groups in total. The summed E-state index contributed by atoms with van der Waals surface area (Å²) in [6, 6.07) is 13.4. The molecule has 4 nitrogen and oxygen atoms in total. The van der Waals surface area contributed by atoms with Crippen LogP contribution in [0.2, 0.25) is 0 Å². The molecule has 2 aromatic rings. The van der Waals surface area contributed by atoms with Crippen molar-refractivity contribution < 1.29 is 14.3 Å². The number of amides is 1. The number of rotatable bonds is 6. The van der Waals surface area contributed by atoms with Crippen molar-refractivity contribution in [2.75, 3.05) is 13.7 Å². The van der Waals surface area contributed by atoms with Crippen LogP contribution in [0.3, 0.4) is 0 Å². The number of carbonyl (C=O) groups is 1. The predicted molar refractivity (Wildman–Crippen MR) is 98.5 cm³/mol. The van der Waals surface area contributed by atoms with Crippen molar-refractivity contribution in [2.45, 2.75) is 38.6 Å². The minimum absolute atomic E-state index is 0.0424. The van der Waals surface area contributed by atoms with Gasteiger partial charge < -0.3 is 14.8 Å². The first-order valence-electron chi connectivity index (χ1n) is 8.85. The maximum Gasteiger partial charge on any atom is 0.251 e. The minimum atomic E-state index is -0.0781. The number of carbonyl (C=O) groups excluding carboxylic acids is 1. The van der Waals surface area contributed by atoms with Gasteiger partial charge in [-0.1, -0.05) is 6.07 Å². The number of methoxy groups -OCH3 is 1. The molecule has 25 heavy (non-hydrogen) atoms. The van der Waals surface area contributed by atoms with Crippen molar-refractivity contribution >= 4 is 5.91 Å². The lowest BCUT2D eigenvalue weighted by molar-refractivity contribution is 0.0926. The van der Waals surface area contributed by atoms with E-state index in [1.54, 1.807) is 7.11 Å². The van der Waals surface area contributed by atoms with Crippen LogP contribution in [-0.2, 0) is 12.8 Å². The van der Waals surface area contributed by atoms with Crippen LogP contribution in [0.5, 0.6) is 11.5 Å². The Morgan fingerprint density at radius 3 is 2.44 bits per heavy atom. The van der Waals surface area contributed by atoms with Crippen LogP contribution in [0.4, 0.5) is 0 Å². The first-order valence-corrected chi connectivity index (χ1v) is 8.85. The second-order valence-electron chi connectivity index (χ2n) is 6.55. The second kappa shape index (κ2) is 8.06. The number of nitrogens with one attached hydrogen (secondary N) is 1. The molecule has 0 aliphatic heterocycles. The van der Waals surface area contributed by atoms with Crippen LogP contribution in [-0.4, -0.2) is 25.7 Å². The molecule has 0 aromatic heterocycles. The third-order valence-corrected chi connectivity index (χ3v) is 4.55. The van der Waals surface area contributed by atoms with E-state index in [4.69, 9.17) is 9.47 Å². The first kappa shape index (κ1) is 17.3. The Kier molecular flexibility index (Phi) is 5.59. The molecule has 1 aliphatic rings. The van der Waals surface area contributed by atoms with Crippen LogP contribution >= 0.6 is 0 Å². The Morgan fingerprint density at radius 1 is 1.04 bits per heavy atom. The maximum absolute atomic E-state index is 12.5. The van der Waals surface area contributed by atoms with E-state index in [-0.39, 0.29) is 11.9 Å². The fourth-order valence-corrected chi connectivity index (χ4v) is 3.12. The lowest BCUT2D eigenvalue weighted by Crippen LogP contribution is -2.36. The van der Waals surface area contributed by atoms with Crippen molar-refractivity contribution in [2.24, 2.45) is 0 Å². The van der Waals surface area contributed by atoms with E-state index >= 15 is 0 Å². The van der Waals surface area contributed by atoms with Gasteiger partial charge in [-0.05, 0) is 80.1 Å². The zero-order valence-corrected chi connectivity index (χ0v) is 14.9. The van der Waals surface area contributed by atoms with Gasteiger partial charge >= 0.3 is 0 Å². The number of hydrogen-bond donors (Lipinski definition) is 1. The summed E-state index contributed by atoms with van der Waals surface area (Å²) < 4.78 is 10.8. The van der Waals surface area contributed by atoms with Crippen molar-refractivity contribution in [1.29, 1.82) is 0 Å². The third-order valence-electron chi connectivity index (χ3n) is 4.55. The molecule has 1 aliphatic carbocycles.